The molecule has 1 aromatic carbocycles. The molecule has 4 rings (SSSR count). The van der Waals surface area contributed by atoms with Crippen molar-refractivity contribution in [2.24, 2.45) is 18.9 Å². The summed E-state index contributed by atoms with van der Waals surface area (Å²) >= 11 is 0. The van der Waals surface area contributed by atoms with Crippen molar-refractivity contribution in [3.8, 4) is 0 Å². The molecule has 2 fully saturated rings. The first-order valence-corrected chi connectivity index (χ1v) is 9.77. The Hall–Kier alpha value is -2.07. The molecule has 4 heteroatoms. The van der Waals surface area contributed by atoms with Crippen molar-refractivity contribution in [3.63, 3.8) is 0 Å². The summed E-state index contributed by atoms with van der Waals surface area (Å²) in [6.07, 6.45) is 6.71. The molecule has 0 spiro atoms. The standard InChI is InChI=1S/C22H28N2O2/c1-23-12-5-8-20(23)22(25)24-13-11-21(26-16-18-9-10-18)19(15-24)14-17-6-3-2-4-7-17/h2-8,12,18-19,21H,9-11,13-16H2,1H3/t19-,21+/m1/s1. The average Bonchev–Trinajstić information content (AvgIpc) is 3.40. The number of aromatic nitrogens is 1. The number of hydrogen-bond acceptors (Lipinski definition) is 2. The molecule has 1 amide bonds. The van der Waals surface area contributed by atoms with Gasteiger partial charge >= 0.3 is 0 Å². The predicted molar refractivity (Wildman–Crippen MR) is 102 cm³/mol. The van der Waals surface area contributed by atoms with E-state index in [-0.39, 0.29) is 12.0 Å². The maximum absolute atomic E-state index is 12.9. The van der Waals surface area contributed by atoms with Crippen molar-refractivity contribution in [2.45, 2.75) is 31.8 Å². The first kappa shape index (κ1) is 17.3. The lowest BCUT2D eigenvalue weighted by Crippen LogP contribution is -2.48. The van der Waals surface area contributed by atoms with Gasteiger partial charge in [-0.3, -0.25) is 4.79 Å². The van der Waals surface area contributed by atoms with Gasteiger partial charge in [0.2, 0.25) is 0 Å². The van der Waals surface area contributed by atoms with Gasteiger partial charge in [-0.15, -0.1) is 0 Å². The third-order valence-corrected chi connectivity index (χ3v) is 5.70. The minimum absolute atomic E-state index is 0.135. The molecular formula is C22H28N2O2. The highest BCUT2D eigenvalue weighted by Gasteiger charge is 2.34. The van der Waals surface area contributed by atoms with Crippen molar-refractivity contribution >= 4 is 5.91 Å². The third-order valence-electron chi connectivity index (χ3n) is 5.70. The van der Waals surface area contributed by atoms with Gasteiger partial charge < -0.3 is 14.2 Å². The number of aryl methyl sites for hydroxylation is 1. The van der Waals surface area contributed by atoms with Gasteiger partial charge in [-0.2, -0.15) is 0 Å². The highest BCUT2D eigenvalue weighted by atomic mass is 16.5. The molecule has 1 aliphatic heterocycles. The van der Waals surface area contributed by atoms with E-state index < -0.39 is 0 Å². The third kappa shape index (κ3) is 4.01. The lowest BCUT2D eigenvalue weighted by molar-refractivity contribution is -0.0327. The van der Waals surface area contributed by atoms with E-state index in [0.717, 1.165) is 44.1 Å². The number of benzene rings is 1. The zero-order valence-electron chi connectivity index (χ0n) is 15.5. The Bertz CT molecular complexity index is 736. The second-order valence-electron chi connectivity index (χ2n) is 7.81. The number of rotatable bonds is 6. The Labute approximate surface area is 155 Å². The van der Waals surface area contributed by atoms with Crippen LogP contribution in [0.4, 0.5) is 0 Å². The minimum Gasteiger partial charge on any atom is -0.377 e. The molecule has 1 saturated heterocycles. The van der Waals surface area contributed by atoms with Crippen LogP contribution in [0.2, 0.25) is 0 Å². The second kappa shape index (κ2) is 7.67. The van der Waals surface area contributed by atoms with Crippen molar-refractivity contribution < 1.29 is 9.53 Å². The zero-order valence-corrected chi connectivity index (χ0v) is 15.5. The van der Waals surface area contributed by atoms with Gasteiger partial charge in [0.15, 0.2) is 0 Å². The van der Waals surface area contributed by atoms with Crippen LogP contribution < -0.4 is 0 Å². The molecule has 1 aromatic heterocycles. The predicted octanol–water partition coefficient (Wildman–Crippen LogP) is 3.53. The van der Waals surface area contributed by atoms with Crippen LogP contribution in [0.15, 0.2) is 48.7 Å². The fraction of sp³-hybridized carbons (Fsp3) is 0.500. The molecule has 138 valence electrons. The number of piperidine rings is 1. The van der Waals surface area contributed by atoms with Crippen LogP contribution in [-0.4, -0.2) is 41.2 Å². The van der Waals surface area contributed by atoms with Gasteiger partial charge in [0, 0.05) is 38.9 Å². The molecule has 4 nitrogen and oxygen atoms in total. The molecule has 0 radical (unpaired) electrons. The Kier molecular flexibility index (Phi) is 5.11. The summed E-state index contributed by atoms with van der Waals surface area (Å²) in [6.45, 7) is 2.45. The van der Waals surface area contributed by atoms with E-state index in [9.17, 15) is 4.79 Å². The normalized spacial score (nSPS) is 23.2. The SMILES string of the molecule is Cn1cccc1C(=O)N1CC[C@H](OCC2CC2)[C@H](Cc2ccccc2)C1. The largest absolute Gasteiger partial charge is 0.377 e. The summed E-state index contributed by atoms with van der Waals surface area (Å²) in [4.78, 5) is 14.9. The fourth-order valence-electron chi connectivity index (χ4n) is 3.92. The minimum atomic E-state index is 0.135. The molecule has 0 N–H and O–H groups in total. The van der Waals surface area contributed by atoms with Gasteiger partial charge in [0.25, 0.3) is 5.91 Å². The number of carbonyl (C=O) groups is 1. The average molecular weight is 352 g/mol. The Morgan fingerprint density at radius 1 is 1.12 bits per heavy atom. The smallest absolute Gasteiger partial charge is 0.270 e. The molecule has 0 bridgehead atoms. The summed E-state index contributed by atoms with van der Waals surface area (Å²) in [5, 5.41) is 0. The summed E-state index contributed by atoms with van der Waals surface area (Å²) in [7, 11) is 1.93. The van der Waals surface area contributed by atoms with Crippen molar-refractivity contribution in [1.29, 1.82) is 0 Å². The van der Waals surface area contributed by atoms with E-state index in [4.69, 9.17) is 4.74 Å². The van der Waals surface area contributed by atoms with Gasteiger partial charge in [-0.1, -0.05) is 30.3 Å². The topological polar surface area (TPSA) is 34.5 Å². The molecule has 26 heavy (non-hydrogen) atoms. The Morgan fingerprint density at radius 3 is 2.62 bits per heavy atom. The molecule has 2 atom stereocenters. The molecule has 1 aliphatic carbocycles. The van der Waals surface area contributed by atoms with E-state index in [0.29, 0.717) is 5.92 Å². The Balaban J connectivity index is 1.46. The second-order valence-corrected chi connectivity index (χ2v) is 7.81. The van der Waals surface area contributed by atoms with Crippen LogP contribution in [0.5, 0.6) is 0 Å². The molecule has 2 aliphatic rings. The molecular weight excluding hydrogens is 324 g/mol. The van der Waals surface area contributed by atoms with Crippen LogP contribution in [0.3, 0.4) is 0 Å². The lowest BCUT2D eigenvalue weighted by atomic mass is 9.88. The lowest BCUT2D eigenvalue weighted by Gasteiger charge is -2.38. The molecule has 2 aromatic rings. The van der Waals surface area contributed by atoms with E-state index in [2.05, 4.69) is 30.3 Å². The van der Waals surface area contributed by atoms with Crippen molar-refractivity contribution in [3.05, 3.63) is 59.9 Å². The monoisotopic (exact) mass is 352 g/mol. The summed E-state index contributed by atoms with van der Waals surface area (Å²) in [5.74, 6) is 1.26. The van der Waals surface area contributed by atoms with Crippen LogP contribution in [-0.2, 0) is 18.2 Å². The molecule has 1 saturated carbocycles. The van der Waals surface area contributed by atoms with E-state index in [1.165, 1.54) is 18.4 Å². The van der Waals surface area contributed by atoms with Gasteiger partial charge in [-0.25, -0.2) is 0 Å². The summed E-state index contributed by atoms with van der Waals surface area (Å²) < 4.78 is 8.20. The first-order chi connectivity index (χ1) is 12.7. The maximum Gasteiger partial charge on any atom is 0.270 e. The van der Waals surface area contributed by atoms with Crippen LogP contribution >= 0.6 is 0 Å². The quantitative estimate of drug-likeness (QED) is 0.797. The number of carbonyl (C=O) groups excluding carboxylic acids is 1. The van der Waals surface area contributed by atoms with Gasteiger partial charge in [0.1, 0.15) is 5.69 Å². The molecule has 0 unspecified atom stereocenters. The van der Waals surface area contributed by atoms with Crippen LogP contribution in [0, 0.1) is 11.8 Å². The maximum atomic E-state index is 12.9. The highest BCUT2D eigenvalue weighted by molar-refractivity contribution is 5.92. The number of hydrogen-bond donors (Lipinski definition) is 0. The molecule has 2 heterocycles. The highest BCUT2D eigenvalue weighted by Crippen LogP contribution is 2.32. The number of amides is 1. The van der Waals surface area contributed by atoms with E-state index in [1.807, 2.05) is 34.8 Å². The number of nitrogens with zero attached hydrogens (tertiary/aromatic N) is 2. The van der Waals surface area contributed by atoms with Gasteiger partial charge in [0.05, 0.1) is 6.10 Å². The zero-order chi connectivity index (χ0) is 17.9. The summed E-state index contributed by atoms with van der Waals surface area (Å²) in [5.41, 5.74) is 2.09. The van der Waals surface area contributed by atoms with Crippen molar-refractivity contribution in [2.75, 3.05) is 19.7 Å². The van der Waals surface area contributed by atoms with Crippen LogP contribution in [0.1, 0.15) is 35.3 Å². The number of likely N-dealkylation sites (tertiary alicyclic amines) is 1. The first-order valence-electron chi connectivity index (χ1n) is 9.77. The number of ether oxygens (including phenoxy) is 1. The van der Waals surface area contributed by atoms with E-state index >= 15 is 0 Å². The van der Waals surface area contributed by atoms with Gasteiger partial charge in [-0.05, 0) is 49.3 Å². The fourth-order valence-corrected chi connectivity index (χ4v) is 3.92. The van der Waals surface area contributed by atoms with E-state index in [1.54, 1.807) is 0 Å². The summed E-state index contributed by atoms with van der Waals surface area (Å²) in [6, 6.07) is 14.4. The Morgan fingerprint density at radius 2 is 1.92 bits per heavy atom. The van der Waals surface area contributed by atoms with Crippen LogP contribution in [0.25, 0.3) is 0 Å². The van der Waals surface area contributed by atoms with Crippen molar-refractivity contribution in [1.82, 2.24) is 9.47 Å².